The van der Waals surface area contributed by atoms with Crippen molar-refractivity contribution in [2.75, 3.05) is 6.61 Å². The summed E-state index contributed by atoms with van der Waals surface area (Å²) in [5, 5.41) is 3.17. The molecule has 0 aromatic carbocycles. The van der Waals surface area contributed by atoms with E-state index in [-0.39, 0.29) is 23.8 Å². The smallest absolute Gasteiger partial charge is 0.246 e. The maximum Gasteiger partial charge on any atom is 0.246 e. The van der Waals surface area contributed by atoms with Crippen molar-refractivity contribution >= 4 is 11.8 Å². The molecule has 2 aliphatic carbocycles. The van der Waals surface area contributed by atoms with E-state index < -0.39 is 0 Å². The molecule has 0 saturated heterocycles. The van der Waals surface area contributed by atoms with Crippen LogP contribution in [0, 0.1) is 11.8 Å². The number of amides is 2. The third-order valence-electron chi connectivity index (χ3n) is 4.98. The summed E-state index contributed by atoms with van der Waals surface area (Å²) in [7, 11) is 0. The first-order valence-electron chi connectivity index (χ1n) is 8.90. The monoisotopic (exact) mass is 310 g/mol. The van der Waals surface area contributed by atoms with E-state index in [1.165, 1.54) is 32.1 Å². The molecule has 5 nitrogen and oxygen atoms in total. The average Bonchev–Trinajstić information content (AvgIpc) is 2.54. The van der Waals surface area contributed by atoms with Crippen LogP contribution in [0.2, 0.25) is 0 Å². The zero-order chi connectivity index (χ0) is 15.8. The van der Waals surface area contributed by atoms with Gasteiger partial charge in [0.25, 0.3) is 0 Å². The van der Waals surface area contributed by atoms with Crippen molar-refractivity contribution in [2.45, 2.75) is 77.2 Å². The molecule has 0 aromatic rings. The lowest BCUT2D eigenvalue weighted by Gasteiger charge is -2.29. The van der Waals surface area contributed by atoms with Gasteiger partial charge in [0, 0.05) is 18.4 Å². The second kappa shape index (κ2) is 9.13. The minimum absolute atomic E-state index is 0.0196. The van der Waals surface area contributed by atoms with E-state index >= 15 is 0 Å². The van der Waals surface area contributed by atoms with Crippen molar-refractivity contribution in [3.05, 3.63) is 0 Å². The molecular formula is C17H30N2O3. The molecule has 0 aliphatic heterocycles. The molecule has 2 amide bonds. The van der Waals surface area contributed by atoms with Crippen molar-refractivity contribution in [3.63, 3.8) is 0 Å². The fourth-order valence-electron chi connectivity index (χ4n) is 3.67. The van der Waals surface area contributed by atoms with Crippen molar-refractivity contribution in [1.29, 1.82) is 0 Å². The summed E-state index contributed by atoms with van der Waals surface area (Å²) in [6.07, 6.45) is 10.4. The number of hydrogen-bond acceptors (Lipinski definition) is 3. The summed E-state index contributed by atoms with van der Waals surface area (Å²) in [5.41, 5.74) is 2.49. The van der Waals surface area contributed by atoms with Crippen LogP contribution < -0.4 is 10.8 Å². The molecular weight excluding hydrogens is 280 g/mol. The van der Waals surface area contributed by atoms with Gasteiger partial charge in [-0.25, -0.2) is 5.48 Å². The van der Waals surface area contributed by atoms with Crippen LogP contribution in [0.3, 0.4) is 0 Å². The molecule has 22 heavy (non-hydrogen) atoms. The highest BCUT2D eigenvalue weighted by atomic mass is 16.6. The Morgan fingerprint density at radius 3 is 2.32 bits per heavy atom. The molecule has 0 spiro atoms. The average molecular weight is 310 g/mol. The van der Waals surface area contributed by atoms with Gasteiger partial charge in [-0.2, -0.15) is 0 Å². The van der Waals surface area contributed by atoms with E-state index in [9.17, 15) is 9.59 Å². The number of carbonyl (C=O) groups is 2. The zero-order valence-corrected chi connectivity index (χ0v) is 13.7. The quantitative estimate of drug-likeness (QED) is 0.741. The van der Waals surface area contributed by atoms with E-state index in [2.05, 4.69) is 10.8 Å². The molecule has 0 aromatic heterocycles. The van der Waals surface area contributed by atoms with Gasteiger partial charge in [-0.3, -0.25) is 14.4 Å². The van der Waals surface area contributed by atoms with Gasteiger partial charge in [-0.1, -0.05) is 19.3 Å². The molecule has 0 unspecified atom stereocenters. The molecule has 0 bridgehead atoms. The summed E-state index contributed by atoms with van der Waals surface area (Å²) in [6.45, 7) is 2.33. The van der Waals surface area contributed by atoms with Crippen LogP contribution in [0.5, 0.6) is 0 Å². The third kappa shape index (κ3) is 5.59. The van der Waals surface area contributed by atoms with E-state index in [1.54, 1.807) is 0 Å². The fraction of sp³-hybridized carbons (Fsp3) is 0.882. The first kappa shape index (κ1) is 17.3. The standard InChI is InChI=1S/C17H30N2O3/c1-2-22-19-17(21)14-8-10-15(11-9-14)18-16(20)12-13-6-4-3-5-7-13/h13-15H,2-12H2,1H3,(H,18,20)(H,19,21). The Morgan fingerprint density at radius 2 is 1.68 bits per heavy atom. The molecule has 2 saturated carbocycles. The van der Waals surface area contributed by atoms with Gasteiger partial charge >= 0.3 is 0 Å². The predicted octanol–water partition coefficient (Wildman–Crippen LogP) is 2.70. The number of nitrogens with one attached hydrogen (secondary N) is 2. The molecule has 2 aliphatic rings. The van der Waals surface area contributed by atoms with E-state index in [4.69, 9.17) is 4.84 Å². The highest BCUT2D eigenvalue weighted by molar-refractivity contribution is 5.78. The normalized spacial score (nSPS) is 26.4. The zero-order valence-electron chi connectivity index (χ0n) is 13.7. The molecule has 0 heterocycles. The van der Waals surface area contributed by atoms with Crippen LogP contribution in [0.4, 0.5) is 0 Å². The van der Waals surface area contributed by atoms with Crippen molar-refractivity contribution in [2.24, 2.45) is 11.8 Å². The molecule has 2 rings (SSSR count). The van der Waals surface area contributed by atoms with Gasteiger partial charge in [0.15, 0.2) is 0 Å². The SMILES string of the molecule is CCONC(=O)C1CCC(NC(=O)CC2CCCCC2)CC1. The van der Waals surface area contributed by atoms with Crippen LogP contribution in [0.25, 0.3) is 0 Å². The van der Waals surface area contributed by atoms with Gasteiger partial charge in [-0.05, 0) is 51.4 Å². The first-order chi connectivity index (χ1) is 10.7. The highest BCUT2D eigenvalue weighted by Crippen LogP contribution is 2.27. The topological polar surface area (TPSA) is 67.4 Å². The van der Waals surface area contributed by atoms with Crippen molar-refractivity contribution < 1.29 is 14.4 Å². The fourth-order valence-corrected chi connectivity index (χ4v) is 3.67. The Bertz CT molecular complexity index is 359. The van der Waals surface area contributed by atoms with Gasteiger partial charge in [-0.15, -0.1) is 0 Å². The summed E-state index contributed by atoms with van der Waals surface area (Å²) in [6, 6.07) is 0.243. The van der Waals surface area contributed by atoms with Gasteiger partial charge in [0.2, 0.25) is 11.8 Å². The van der Waals surface area contributed by atoms with Crippen LogP contribution >= 0.6 is 0 Å². The number of carbonyl (C=O) groups excluding carboxylic acids is 2. The Hall–Kier alpha value is -1.10. The predicted molar refractivity (Wildman–Crippen MR) is 84.8 cm³/mol. The van der Waals surface area contributed by atoms with Crippen LogP contribution in [0.15, 0.2) is 0 Å². The van der Waals surface area contributed by atoms with Crippen molar-refractivity contribution in [3.8, 4) is 0 Å². The van der Waals surface area contributed by atoms with Crippen LogP contribution in [0.1, 0.15) is 71.1 Å². The molecule has 5 heteroatoms. The van der Waals surface area contributed by atoms with Gasteiger partial charge in [0.1, 0.15) is 0 Å². The van der Waals surface area contributed by atoms with Crippen LogP contribution in [-0.2, 0) is 14.4 Å². The minimum Gasteiger partial charge on any atom is -0.353 e. The Balaban J connectivity index is 1.64. The Labute approximate surface area is 133 Å². The van der Waals surface area contributed by atoms with Gasteiger partial charge < -0.3 is 5.32 Å². The second-order valence-corrected chi connectivity index (χ2v) is 6.72. The summed E-state index contributed by atoms with van der Waals surface area (Å²) in [5.74, 6) is 0.794. The van der Waals surface area contributed by atoms with Crippen LogP contribution in [-0.4, -0.2) is 24.5 Å². The van der Waals surface area contributed by atoms with Gasteiger partial charge in [0.05, 0.1) is 6.61 Å². The Kier molecular flexibility index (Phi) is 7.16. The lowest BCUT2D eigenvalue weighted by Crippen LogP contribution is -2.41. The van der Waals surface area contributed by atoms with E-state index in [0.717, 1.165) is 25.7 Å². The van der Waals surface area contributed by atoms with E-state index in [0.29, 0.717) is 18.9 Å². The summed E-state index contributed by atoms with van der Waals surface area (Å²) >= 11 is 0. The molecule has 0 radical (unpaired) electrons. The molecule has 2 N–H and O–H groups in total. The number of hydroxylamine groups is 1. The second-order valence-electron chi connectivity index (χ2n) is 6.72. The number of hydrogen-bond donors (Lipinski definition) is 2. The Morgan fingerprint density at radius 1 is 1.00 bits per heavy atom. The summed E-state index contributed by atoms with van der Waals surface area (Å²) < 4.78 is 0. The summed E-state index contributed by atoms with van der Waals surface area (Å²) in [4.78, 5) is 28.9. The highest BCUT2D eigenvalue weighted by Gasteiger charge is 2.27. The van der Waals surface area contributed by atoms with E-state index in [1.807, 2.05) is 6.92 Å². The molecule has 126 valence electrons. The minimum atomic E-state index is -0.0196. The largest absolute Gasteiger partial charge is 0.353 e. The maximum absolute atomic E-state index is 12.1. The van der Waals surface area contributed by atoms with Crippen molar-refractivity contribution in [1.82, 2.24) is 10.8 Å². The molecule has 2 fully saturated rings. The maximum atomic E-state index is 12.1. The number of rotatable bonds is 6. The first-order valence-corrected chi connectivity index (χ1v) is 8.90. The molecule has 0 atom stereocenters. The third-order valence-corrected chi connectivity index (χ3v) is 4.98. The lowest BCUT2D eigenvalue weighted by molar-refractivity contribution is -0.138. The lowest BCUT2D eigenvalue weighted by atomic mass is 9.84.